The van der Waals surface area contributed by atoms with Gasteiger partial charge in [-0.15, -0.1) is 24.0 Å². The van der Waals surface area contributed by atoms with E-state index in [9.17, 15) is 4.79 Å². The molecule has 0 aromatic heterocycles. The van der Waals surface area contributed by atoms with E-state index in [4.69, 9.17) is 15.2 Å². The van der Waals surface area contributed by atoms with E-state index in [0.717, 1.165) is 0 Å². The fourth-order valence-corrected chi connectivity index (χ4v) is 1.53. The first-order valence-corrected chi connectivity index (χ1v) is 7.12. The van der Waals surface area contributed by atoms with Gasteiger partial charge in [0, 0.05) is 33.8 Å². The van der Waals surface area contributed by atoms with Gasteiger partial charge in [-0.05, 0) is 26.7 Å². The third-order valence-corrected chi connectivity index (χ3v) is 2.48. The average molecular weight is 430 g/mol. The number of guanidine groups is 1. The Bertz CT molecular complexity index is 345. The van der Waals surface area contributed by atoms with Crippen molar-refractivity contribution >= 4 is 36.0 Å². The third-order valence-electron chi connectivity index (χ3n) is 2.48. The predicted molar refractivity (Wildman–Crippen MR) is 99.8 cm³/mol. The summed E-state index contributed by atoms with van der Waals surface area (Å²) >= 11 is 0. The van der Waals surface area contributed by atoms with Crippen LogP contribution in [0.2, 0.25) is 0 Å². The monoisotopic (exact) mass is 430 g/mol. The summed E-state index contributed by atoms with van der Waals surface area (Å²) in [6, 6.07) is 0. The molecule has 0 aliphatic carbocycles. The molecule has 22 heavy (non-hydrogen) atoms. The normalized spacial score (nSPS) is 13.1. The number of methoxy groups -OCH3 is 1. The van der Waals surface area contributed by atoms with Crippen molar-refractivity contribution in [1.82, 2.24) is 10.2 Å². The largest absolute Gasteiger partial charge is 0.444 e. The van der Waals surface area contributed by atoms with Crippen LogP contribution >= 0.6 is 24.0 Å². The standard InChI is InChI=1S/C14H30N4O3.HI/c1-11(9-17-12(15)16-7-8-20-6)10-18(5)13(19)21-14(2,3)4;/h11H,7-10H2,1-6H3,(H3,15,16,17);1H. The lowest BCUT2D eigenvalue weighted by Gasteiger charge is -2.26. The first kappa shape index (κ1) is 23.5. The number of nitrogens with zero attached hydrogens (tertiary/aromatic N) is 2. The molecule has 0 spiro atoms. The molecule has 1 unspecified atom stereocenters. The fourth-order valence-electron chi connectivity index (χ4n) is 1.53. The van der Waals surface area contributed by atoms with Crippen LogP contribution in [0.3, 0.4) is 0 Å². The van der Waals surface area contributed by atoms with Crippen molar-refractivity contribution in [2.75, 3.05) is 40.4 Å². The predicted octanol–water partition coefficient (Wildman–Crippen LogP) is 1.66. The summed E-state index contributed by atoms with van der Waals surface area (Å²) in [7, 11) is 3.35. The number of ether oxygens (including phenoxy) is 2. The Balaban J connectivity index is 0. The summed E-state index contributed by atoms with van der Waals surface area (Å²) in [4.78, 5) is 17.6. The van der Waals surface area contributed by atoms with E-state index in [-0.39, 0.29) is 36.0 Å². The van der Waals surface area contributed by atoms with Crippen molar-refractivity contribution in [3.05, 3.63) is 0 Å². The van der Waals surface area contributed by atoms with Crippen molar-refractivity contribution in [2.45, 2.75) is 33.3 Å². The summed E-state index contributed by atoms with van der Waals surface area (Å²) in [5.74, 6) is 0.573. The number of amides is 1. The first-order valence-electron chi connectivity index (χ1n) is 7.12. The quantitative estimate of drug-likeness (QED) is 0.278. The number of carbonyl (C=O) groups excluding carboxylic acids is 1. The summed E-state index contributed by atoms with van der Waals surface area (Å²) in [6.07, 6.45) is -0.329. The zero-order valence-corrected chi connectivity index (χ0v) is 16.8. The third kappa shape index (κ3) is 12.9. The van der Waals surface area contributed by atoms with Crippen molar-refractivity contribution < 1.29 is 14.3 Å². The Kier molecular flexibility index (Phi) is 12.6. The van der Waals surface area contributed by atoms with Gasteiger partial charge in [0.1, 0.15) is 5.60 Å². The number of nitrogens with two attached hydrogens (primary N) is 1. The summed E-state index contributed by atoms with van der Waals surface area (Å²) in [6.45, 7) is 9.84. The van der Waals surface area contributed by atoms with Crippen LogP contribution < -0.4 is 11.1 Å². The van der Waals surface area contributed by atoms with E-state index in [0.29, 0.717) is 32.2 Å². The van der Waals surface area contributed by atoms with Gasteiger partial charge in [0.05, 0.1) is 6.61 Å². The average Bonchev–Trinajstić information content (AvgIpc) is 2.34. The molecule has 8 heteroatoms. The minimum absolute atomic E-state index is 0. The molecule has 0 aliphatic heterocycles. The second-order valence-corrected chi connectivity index (χ2v) is 6.11. The number of hydrogen-bond acceptors (Lipinski definition) is 4. The van der Waals surface area contributed by atoms with Gasteiger partial charge in [0.15, 0.2) is 5.96 Å². The smallest absolute Gasteiger partial charge is 0.410 e. The molecule has 1 atom stereocenters. The molecule has 132 valence electrons. The Hall–Kier alpha value is -0.770. The molecule has 0 rings (SSSR count). The van der Waals surface area contributed by atoms with Crippen molar-refractivity contribution in [1.29, 1.82) is 0 Å². The van der Waals surface area contributed by atoms with Gasteiger partial charge in [-0.25, -0.2) is 4.79 Å². The van der Waals surface area contributed by atoms with E-state index in [1.807, 2.05) is 27.7 Å². The molecule has 0 bridgehead atoms. The zero-order chi connectivity index (χ0) is 16.5. The van der Waals surface area contributed by atoms with Gasteiger partial charge < -0.3 is 25.4 Å². The van der Waals surface area contributed by atoms with Gasteiger partial charge >= 0.3 is 6.09 Å². The van der Waals surface area contributed by atoms with Gasteiger partial charge in [0.2, 0.25) is 0 Å². The first-order chi connectivity index (χ1) is 9.65. The highest BCUT2D eigenvalue weighted by atomic mass is 127. The van der Waals surface area contributed by atoms with Gasteiger partial charge in [-0.3, -0.25) is 4.99 Å². The topological polar surface area (TPSA) is 89.2 Å². The lowest BCUT2D eigenvalue weighted by molar-refractivity contribution is 0.0279. The molecule has 3 N–H and O–H groups in total. The van der Waals surface area contributed by atoms with Crippen LogP contribution in [-0.4, -0.2) is 63.0 Å². The van der Waals surface area contributed by atoms with Crippen molar-refractivity contribution in [3.8, 4) is 0 Å². The lowest BCUT2D eigenvalue weighted by Crippen LogP contribution is -2.38. The molecule has 0 saturated carbocycles. The Labute approximate surface area is 151 Å². The Morgan fingerprint density at radius 1 is 1.41 bits per heavy atom. The minimum Gasteiger partial charge on any atom is -0.444 e. The van der Waals surface area contributed by atoms with E-state index in [2.05, 4.69) is 10.3 Å². The number of carbonyl (C=O) groups is 1. The van der Waals surface area contributed by atoms with Crippen LogP contribution in [0.4, 0.5) is 4.79 Å². The highest BCUT2D eigenvalue weighted by Gasteiger charge is 2.20. The molecular formula is C14H31IN4O3. The van der Waals surface area contributed by atoms with Crippen molar-refractivity contribution in [3.63, 3.8) is 0 Å². The molecule has 0 fully saturated rings. The number of rotatable bonds is 7. The molecule has 0 aromatic carbocycles. The van der Waals surface area contributed by atoms with Gasteiger partial charge in [-0.1, -0.05) is 6.92 Å². The molecule has 0 heterocycles. The SMILES string of the molecule is COCCNC(N)=NCC(C)CN(C)C(=O)OC(C)(C)C.I. The van der Waals surface area contributed by atoms with Crippen molar-refractivity contribution in [2.24, 2.45) is 16.6 Å². The van der Waals surface area contributed by atoms with Crippen LogP contribution in [0.25, 0.3) is 0 Å². The van der Waals surface area contributed by atoms with Crippen LogP contribution in [0.15, 0.2) is 4.99 Å². The number of aliphatic imine (C=N–C) groups is 1. The molecule has 0 radical (unpaired) electrons. The van der Waals surface area contributed by atoms with Crippen LogP contribution in [-0.2, 0) is 9.47 Å². The lowest BCUT2D eigenvalue weighted by atomic mass is 10.2. The van der Waals surface area contributed by atoms with E-state index in [1.54, 1.807) is 19.1 Å². The van der Waals surface area contributed by atoms with E-state index >= 15 is 0 Å². The highest BCUT2D eigenvalue weighted by Crippen LogP contribution is 2.10. The Morgan fingerprint density at radius 3 is 2.50 bits per heavy atom. The molecule has 0 saturated heterocycles. The molecule has 1 amide bonds. The Morgan fingerprint density at radius 2 is 2.00 bits per heavy atom. The minimum atomic E-state index is -0.484. The maximum absolute atomic E-state index is 11.8. The maximum Gasteiger partial charge on any atom is 0.410 e. The van der Waals surface area contributed by atoms with Gasteiger partial charge in [-0.2, -0.15) is 0 Å². The highest BCUT2D eigenvalue weighted by molar-refractivity contribution is 14.0. The summed E-state index contributed by atoms with van der Waals surface area (Å²) in [5.41, 5.74) is 5.23. The number of nitrogens with one attached hydrogen (secondary N) is 1. The summed E-state index contributed by atoms with van der Waals surface area (Å²) in [5, 5.41) is 2.94. The molecule has 7 nitrogen and oxygen atoms in total. The second kappa shape index (κ2) is 11.8. The second-order valence-electron chi connectivity index (χ2n) is 6.11. The van der Waals surface area contributed by atoms with E-state index < -0.39 is 5.60 Å². The van der Waals surface area contributed by atoms with Gasteiger partial charge in [0.25, 0.3) is 0 Å². The van der Waals surface area contributed by atoms with Crippen LogP contribution in [0.5, 0.6) is 0 Å². The van der Waals surface area contributed by atoms with E-state index in [1.165, 1.54) is 0 Å². The zero-order valence-electron chi connectivity index (χ0n) is 14.5. The van der Waals surface area contributed by atoms with Crippen LogP contribution in [0, 0.1) is 5.92 Å². The maximum atomic E-state index is 11.8. The van der Waals surface area contributed by atoms with Crippen LogP contribution in [0.1, 0.15) is 27.7 Å². The number of hydrogen-bond donors (Lipinski definition) is 2. The molecule has 0 aromatic rings. The fraction of sp³-hybridized carbons (Fsp3) is 0.857. The number of halogens is 1. The summed E-state index contributed by atoms with van der Waals surface area (Å²) < 4.78 is 10.2. The molecular weight excluding hydrogens is 399 g/mol. The molecule has 0 aliphatic rings.